The zero-order valence-corrected chi connectivity index (χ0v) is 13.3. The van der Waals surface area contributed by atoms with Gasteiger partial charge in [-0.25, -0.2) is 0 Å². The Bertz CT molecular complexity index is 173. The first kappa shape index (κ1) is 16.9. The molecule has 0 aliphatic heterocycles. The molecule has 0 aromatic heterocycles. The van der Waals surface area contributed by atoms with Gasteiger partial charge in [-0.15, -0.1) is 0 Å². The molecule has 0 aromatic carbocycles. The van der Waals surface area contributed by atoms with E-state index in [1.807, 2.05) is 0 Å². The lowest BCUT2D eigenvalue weighted by molar-refractivity contribution is -0.977. The van der Waals surface area contributed by atoms with Crippen LogP contribution in [0.1, 0.15) is 48.0 Å². The van der Waals surface area contributed by atoms with Crippen LogP contribution >= 0.6 is 0 Å². The van der Waals surface area contributed by atoms with Crippen LogP contribution in [0.3, 0.4) is 0 Å². The summed E-state index contributed by atoms with van der Waals surface area (Å²) in [6.07, 6.45) is 1.31. The van der Waals surface area contributed by atoms with Crippen LogP contribution in [0, 0.1) is 0 Å². The molecule has 0 radical (unpaired) electrons. The molecule has 0 atom stereocenters. The molecule has 0 amide bonds. The van der Waals surface area contributed by atoms with E-state index >= 15 is 0 Å². The Kier molecular flexibility index (Phi) is 8.06. The maximum atomic E-state index is 2.36. The zero-order valence-electron chi connectivity index (χ0n) is 13.3. The number of hydrogen-bond donors (Lipinski definition) is 0. The summed E-state index contributed by atoms with van der Waals surface area (Å²) in [5.41, 5.74) is 0. The van der Waals surface area contributed by atoms with E-state index in [1.54, 1.807) is 0 Å². The number of hydrogen-bond acceptors (Lipinski definition) is 0. The smallest absolute Gasteiger partial charge is 0.128 e. The molecule has 0 aliphatic carbocycles. The van der Waals surface area contributed by atoms with E-state index in [4.69, 9.17) is 0 Å². The number of nitrogens with zero attached hydrogens (tertiary/aromatic N) is 2. The number of quaternary nitrogens is 2. The van der Waals surface area contributed by atoms with Crippen LogP contribution < -0.4 is 0 Å². The van der Waals surface area contributed by atoms with Crippen LogP contribution in [0.2, 0.25) is 0 Å². The highest BCUT2D eigenvalue weighted by atomic mass is 15.4. The first-order valence-corrected chi connectivity index (χ1v) is 7.77. The first-order chi connectivity index (χ1) is 8.07. The Balaban J connectivity index is 4.56. The van der Waals surface area contributed by atoms with Crippen molar-refractivity contribution in [1.82, 2.24) is 0 Å². The van der Waals surface area contributed by atoms with Crippen molar-refractivity contribution in [3.63, 3.8) is 0 Å². The highest BCUT2D eigenvalue weighted by Crippen LogP contribution is 2.12. The van der Waals surface area contributed by atoms with E-state index in [9.17, 15) is 0 Å². The fraction of sp³-hybridized carbons (Fsp3) is 1.00. The van der Waals surface area contributed by atoms with Crippen LogP contribution in [0.25, 0.3) is 0 Å². The van der Waals surface area contributed by atoms with Crippen molar-refractivity contribution < 1.29 is 8.97 Å². The second-order valence-corrected chi connectivity index (χ2v) is 5.44. The Labute approximate surface area is 110 Å². The molecular formula is C15H36N2+2. The normalized spacial score (nSPS) is 13.1. The second kappa shape index (κ2) is 8.10. The molecule has 0 saturated heterocycles. The van der Waals surface area contributed by atoms with E-state index in [2.05, 4.69) is 41.5 Å². The molecule has 2 heteroatoms. The van der Waals surface area contributed by atoms with Crippen LogP contribution in [0.4, 0.5) is 0 Å². The van der Waals surface area contributed by atoms with Gasteiger partial charge >= 0.3 is 0 Å². The van der Waals surface area contributed by atoms with E-state index in [-0.39, 0.29) is 0 Å². The summed E-state index contributed by atoms with van der Waals surface area (Å²) in [6.45, 7) is 24.6. The van der Waals surface area contributed by atoms with Crippen molar-refractivity contribution in [3.05, 3.63) is 0 Å². The molecule has 0 N–H and O–H groups in total. The third-order valence-corrected chi connectivity index (χ3v) is 5.10. The fourth-order valence-corrected chi connectivity index (χ4v) is 3.01. The third-order valence-electron chi connectivity index (χ3n) is 5.10. The highest BCUT2D eigenvalue weighted by Gasteiger charge is 2.28. The average molecular weight is 244 g/mol. The van der Waals surface area contributed by atoms with Crippen LogP contribution in [0.5, 0.6) is 0 Å². The molecule has 17 heavy (non-hydrogen) atoms. The molecule has 0 unspecified atom stereocenters. The molecule has 0 fully saturated rings. The molecule has 0 aliphatic rings. The highest BCUT2D eigenvalue weighted by molar-refractivity contribution is 4.44. The quantitative estimate of drug-likeness (QED) is 0.518. The predicted molar refractivity (Wildman–Crippen MR) is 78.1 cm³/mol. The van der Waals surface area contributed by atoms with E-state index in [1.165, 1.54) is 67.7 Å². The monoisotopic (exact) mass is 244 g/mol. The Hall–Kier alpha value is -0.0800. The van der Waals surface area contributed by atoms with Gasteiger partial charge in [0.25, 0.3) is 0 Å². The minimum absolute atomic E-state index is 1.28. The topological polar surface area (TPSA) is 0 Å². The maximum absolute atomic E-state index is 2.36. The summed E-state index contributed by atoms with van der Waals surface area (Å²) in [5, 5.41) is 0. The number of likely N-dealkylation sites (N-methyl/N-ethyl adjacent to an activating group) is 2. The summed E-state index contributed by atoms with van der Waals surface area (Å²) in [5.74, 6) is 0. The van der Waals surface area contributed by atoms with Gasteiger partial charge in [0.2, 0.25) is 0 Å². The maximum Gasteiger partial charge on any atom is 0.128 e. The summed E-state index contributed by atoms with van der Waals surface area (Å²) in [6, 6.07) is 0. The van der Waals surface area contributed by atoms with Gasteiger partial charge in [0.1, 0.15) is 13.1 Å². The second-order valence-electron chi connectivity index (χ2n) is 5.44. The van der Waals surface area contributed by atoms with Gasteiger partial charge in [0.15, 0.2) is 0 Å². The molecule has 0 aromatic rings. The van der Waals surface area contributed by atoms with Crippen molar-refractivity contribution in [2.75, 3.05) is 52.4 Å². The van der Waals surface area contributed by atoms with Gasteiger partial charge in [0.05, 0.1) is 39.3 Å². The van der Waals surface area contributed by atoms with Crippen LogP contribution in [-0.2, 0) is 0 Å². The molecule has 0 saturated carbocycles. The molecule has 0 bridgehead atoms. The Morgan fingerprint density at radius 2 is 0.824 bits per heavy atom. The van der Waals surface area contributed by atoms with E-state index in [0.29, 0.717) is 0 Å². The SMILES string of the molecule is CCC[N+](CC)(CC)CC[N+](CC)(CC)CC. The fourth-order valence-electron chi connectivity index (χ4n) is 3.01. The van der Waals surface area contributed by atoms with Crippen molar-refractivity contribution in [2.24, 2.45) is 0 Å². The van der Waals surface area contributed by atoms with Crippen LogP contribution in [0.15, 0.2) is 0 Å². The summed E-state index contributed by atoms with van der Waals surface area (Å²) < 4.78 is 2.61. The lowest BCUT2D eigenvalue weighted by atomic mass is 10.2. The average Bonchev–Trinajstić information content (AvgIpc) is 2.39. The molecule has 2 nitrogen and oxygen atoms in total. The summed E-state index contributed by atoms with van der Waals surface area (Å²) in [7, 11) is 0. The summed E-state index contributed by atoms with van der Waals surface area (Å²) in [4.78, 5) is 0. The number of rotatable bonds is 10. The van der Waals surface area contributed by atoms with Gasteiger partial charge in [-0.1, -0.05) is 6.92 Å². The van der Waals surface area contributed by atoms with E-state index in [0.717, 1.165) is 0 Å². The molecular weight excluding hydrogens is 208 g/mol. The largest absolute Gasteiger partial charge is 0.320 e. The Morgan fingerprint density at radius 3 is 1.12 bits per heavy atom. The van der Waals surface area contributed by atoms with Gasteiger partial charge in [-0.3, -0.25) is 0 Å². The predicted octanol–water partition coefficient (Wildman–Crippen LogP) is 3.13. The van der Waals surface area contributed by atoms with Crippen molar-refractivity contribution in [2.45, 2.75) is 48.0 Å². The third kappa shape index (κ3) is 4.59. The van der Waals surface area contributed by atoms with Gasteiger partial charge < -0.3 is 8.97 Å². The summed E-state index contributed by atoms with van der Waals surface area (Å²) >= 11 is 0. The molecule has 0 spiro atoms. The Morgan fingerprint density at radius 1 is 0.471 bits per heavy atom. The van der Waals surface area contributed by atoms with Crippen molar-refractivity contribution in [3.8, 4) is 0 Å². The van der Waals surface area contributed by atoms with Gasteiger partial charge in [-0.05, 0) is 41.0 Å². The standard InChI is InChI=1S/C15H36N2/c1-7-13-17(11-5,12-6)15-14-16(8-2,9-3)10-4/h7-15H2,1-6H3/q+2. The molecule has 104 valence electrons. The van der Waals surface area contributed by atoms with Crippen molar-refractivity contribution >= 4 is 0 Å². The van der Waals surface area contributed by atoms with Crippen LogP contribution in [-0.4, -0.2) is 61.3 Å². The first-order valence-electron chi connectivity index (χ1n) is 7.77. The van der Waals surface area contributed by atoms with Gasteiger partial charge in [-0.2, -0.15) is 0 Å². The minimum atomic E-state index is 1.28. The zero-order chi connectivity index (χ0) is 13.4. The van der Waals surface area contributed by atoms with Crippen molar-refractivity contribution in [1.29, 1.82) is 0 Å². The molecule has 0 heterocycles. The lowest BCUT2D eigenvalue weighted by Gasteiger charge is -2.42. The molecule has 0 rings (SSSR count). The van der Waals surface area contributed by atoms with E-state index < -0.39 is 0 Å². The minimum Gasteiger partial charge on any atom is -0.320 e. The van der Waals surface area contributed by atoms with Gasteiger partial charge in [0, 0.05) is 0 Å². The lowest BCUT2D eigenvalue weighted by Crippen LogP contribution is -2.57.